The van der Waals surface area contributed by atoms with Crippen molar-refractivity contribution in [2.75, 3.05) is 0 Å². The summed E-state index contributed by atoms with van der Waals surface area (Å²) in [6, 6.07) is 19.0. The van der Waals surface area contributed by atoms with E-state index < -0.39 is 0 Å². The molecule has 0 heterocycles. The van der Waals surface area contributed by atoms with E-state index in [-0.39, 0.29) is 0 Å². The molecule has 0 saturated heterocycles. The van der Waals surface area contributed by atoms with Crippen molar-refractivity contribution in [1.82, 2.24) is 0 Å². The average molecular weight is 197 g/mol. The van der Waals surface area contributed by atoms with E-state index >= 15 is 0 Å². The molecular weight excluding hydrogens is 182 g/mol. The van der Waals surface area contributed by atoms with Crippen molar-refractivity contribution in [2.45, 2.75) is 13.0 Å². The van der Waals surface area contributed by atoms with E-state index in [1.807, 2.05) is 6.07 Å². The first-order chi connectivity index (χ1) is 7.38. The predicted molar refractivity (Wildman–Crippen MR) is 63.6 cm³/mol. The van der Waals surface area contributed by atoms with Crippen LogP contribution in [0.4, 0.5) is 0 Å². The van der Waals surface area contributed by atoms with Gasteiger partial charge in [0.2, 0.25) is 0 Å². The highest BCUT2D eigenvalue weighted by molar-refractivity contribution is 5.28. The topological polar surface area (TPSA) is 26.0 Å². The maximum Gasteiger partial charge on any atom is 0.0178 e. The van der Waals surface area contributed by atoms with E-state index in [9.17, 15) is 0 Å². The zero-order valence-electron chi connectivity index (χ0n) is 8.69. The Labute approximate surface area is 90.6 Å². The van der Waals surface area contributed by atoms with Crippen LogP contribution in [0.1, 0.15) is 16.7 Å². The third-order valence-corrected chi connectivity index (χ3v) is 2.51. The van der Waals surface area contributed by atoms with Gasteiger partial charge in [-0.05, 0) is 23.1 Å². The SMILES string of the molecule is NCc1ccc(Cc2ccccc2)cc1. The van der Waals surface area contributed by atoms with Gasteiger partial charge in [-0.2, -0.15) is 0 Å². The van der Waals surface area contributed by atoms with Crippen molar-refractivity contribution in [3.05, 3.63) is 71.3 Å². The molecule has 0 aromatic heterocycles. The van der Waals surface area contributed by atoms with Crippen LogP contribution in [0.25, 0.3) is 0 Å². The van der Waals surface area contributed by atoms with E-state index in [4.69, 9.17) is 5.73 Å². The fourth-order valence-electron chi connectivity index (χ4n) is 1.62. The van der Waals surface area contributed by atoms with Gasteiger partial charge in [-0.3, -0.25) is 0 Å². The highest BCUT2D eigenvalue weighted by atomic mass is 14.5. The van der Waals surface area contributed by atoms with Crippen molar-refractivity contribution in [1.29, 1.82) is 0 Å². The van der Waals surface area contributed by atoms with E-state index in [2.05, 4.69) is 48.5 Å². The van der Waals surface area contributed by atoms with Crippen LogP contribution >= 0.6 is 0 Å². The predicted octanol–water partition coefficient (Wildman–Crippen LogP) is 2.74. The minimum absolute atomic E-state index is 0.617. The maximum absolute atomic E-state index is 5.55. The molecule has 76 valence electrons. The molecule has 0 spiro atoms. The third-order valence-electron chi connectivity index (χ3n) is 2.51. The third kappa shape index (κ3) is 2.67. The second kappa shape index (κ2) is 4.76. The van der Waals surface area contributed by atoms with Crippen LogP contribution < -0.4 is 5.73 Å². The van der Waals surface area contributed by atoms with Gasteiger partial charge < -0.3 is 5.73 Å². The molecule has 0 saturated carbocycles. The van der Waals surface area contributed by atoms with Crippen molar-refractivity contribution < 1.29 is 0 Å². The summed E-state index contributed by atoms with van der Waals surface area (Å²) in [4.78, 5) is 0. The number of rotatable bonds is 3. The molecule has 0 fully saturated rings. The fourth-order valence-corrected chi connectivity index (χ4v) is 1.62. The molecule has 1 nitrogen and oxygen atoms in total. The Morgan fingerprint density at radius 3 is 1.80 bits per heavy atom. The van der Waals surface area contributed by atoms with Gasteiger partial charge >= 0.3 is 0 Å². The Bertz CT molecular complexity index is 403. The molecule has 2 aromatic rings. The molecule has 0 amide bonds. The monoisotopic (exact) mass is 197 g/mol. The minimum Gasteiger partial charge on any atom is -0.326 e. The molecule has 0 aliphatic rings. The molecule has 2 aromatic carbocycles. The molecule has 0 aliphatic carbocycles. The Hall–Kier alpha value is -1.60. The summed E-state index contributed by atoms with van der Waals surface area (Å²) in [5.41, 5.74) is 9.42. The zero-order valence-corrected chi connectivity index (χ0v) is 8.69. The molecule has 15 heavy (non-hydrogen) atoms. The summed E-state index contributed by atoms with van der Waals surface area (Å²) in [7, 11) is 0. The van der Waals surface area contributed by atoms with Gasteiger partial charge in [0, 0.05) is 6.54 Å². The normalized spacial score (nSPS) is 10.2. The van der Waals surface area contributed by atoms with Crippen LogP contribution in [0.3, 0.4) is 0 Å². The van der Waals surface area contributed by atoms with Gasteiger partial charge in [-0.25, -0.2) is 0 Å². The maximum atomic E-state index is 5.55. The number of hydrogen-bond acceptors (Lipinski definition) is 1. The molecule has 2 rings (SSSR count). The summed E-state index contributed by atoms with van der Waals surface area (Å²) in [5, 5.41) is 0. The number of benzene rings is 2. The molecule has 0 radical (unpaired) electrons. The van der Waals surface area contributed by atoms with Crippen LogP contribution in [0.2, 0.25) is 0 Å². The van der Waals surface area contributed by atoms with Gasteiger partial charge in [-0.1, -0.05) is 54.6 Å². The molecule has 0 atom stereocenters. The quantitative estimate of drug-likeness (QED) is 0.804. The van der Waals surface area contributed by atoms with Crippen LogP contribution in [0.15, 0.2) is 54.6 Å². The average Bonchev–Trinajstić information content (AvgIpc) is 2.31. The first-order valence-electron chi connectivity index (χ1n) is 5.20. The van der Waals surface area contributed by atoms with Gasteiger partial charge in [-0.15, -0.1) is 0 Å². The largest absolute Gasteiger partial charge is 0.326 e. The van der Waals surface area contributed by atoms with Crippen LogP contribution in [0, 0.1) is 0 Å². The lowest BCUT2D eigenvalue weighted by Crippen LogP contribution is -1.96. The zero-order chi connectivity index (χ0) is 10.5. The molecule has 0 unspecified atom stereocenters. The van der Waals surface area contributed by atoms with Gasteiger partial charge in [0.25, 0.3) is 0 Å². The van der Waals surface area contributed by atoms with E-state index in [0.717, 1.165) is 6.42 Å². The van der Waals surface area contributed by atoms with E-state index in [1.54, 1.807) is 0 Å². The highest BCUT2D eigenvalue weighted by Gasteiger charge is 1.95. The number of hydrogen-bond donors (Lipinski definition) is 1. The first kappa shape index (κ1) is 9.94. The van der Waals surface area contributed by atoms with E-state index in [0.29, 0.717) is 6.54 Å². The summed E-state index contributed by atoms with van der Waals surface area (Å²) in [6.45, 7) is 0.617. The first-order valence-corrected chi connectivity index (χ1v) is 5.20. The van der Waals surface area contributed by atoms with Crippen LogP contribution in [-0.2, 0) is 13.0 Å². The Morgan fingerprint density at radius 2 is 1.20 bits per heavy atom. The fraction of sp³-hybridized carbons (Fsp3) is 0.143. The molecule has 0 bridgehead atoms. The Morgan fingerprint density at radius 1 is 0.667 bits per heavy atom. The Kier molecular flexibility index (Phi) is 3.15. The second-order valence-electron chi connectivity index (χ2n) is 3.68. The summed E-state index contributed by atoms with van der Waals surface area (Å²) < 4.78 is 0. The second-order valence-corrected chi connectivity index (χ2v) is 3.68. The van der Waals surface area contributed by atoms with Crippen LogP contribution in [0.5, 0.6) is 0 Å². The van der Waals surface area contributed by atoms with Crippen LogP contribution in [-0.4, -0.2) is 0 Å². The molecule has 2 N–H and O–H groups in total. The van der Waals surface area contributed by atoms with Crippen molar-refractivity contribution >= 4 is 0 Å². The molecular formula is C14H15N. The molecule has 1 heteroatoms. The highest BCUT2D eigenvalue weighted by Crippen LogP contribution is 2.10. The smallest absolute Gasteiger partial charge is 0.0178 e. The van der Waals surface area contributed by atoms with Gasteiger partial charge in [0.1, 0.15) is 0 Å². The van der Waals surface area contributed by atoms with E-state index in [1.165, 1.54) is 16.7 Å². The number of nitrogens with two attached hydrogens (primary N) is 1. The Balaban J connectivity index is 2.11. The lowest BCUT2D eigenvalue weighted by Gasteiger charge is -2.02. The van der Waals surface area contributed by atoms with Crippen molar-refractivity contribution in [2.24, 2.45) is 5.73 Å². The summed E-state index contributed by atoms with van der Waals surface area (Å²) in [5.74, 6) is 0. The lowest BCUT2D eigenvalue weighted by molar-refractivity contribution is 1.06. The minimum atomic E-state index is 0.617. The van der Waals surface area contributed by atoms with Crippen molar-refractivity contribution in [3.63, 3.8) is 0 Å². The molecule has 0 aliphatic heterocycles. The lowest BCUT2D eigenvalue weighted by atomic mass is 10.0. The van der Waals surface area contributed by atoms with Gasteiger partial charge in [0.15, 0.2) is 0 Å². The van der Waals surface area contributed by atoms with Gasteiger partial charge in [0.05, 0.1) is 0 Å². The standard InChI is InChI=1S/C14H15N/c15-11-14-8-6-13(7-9-14)10-12-4-2-1-3-5-12/h1-9H,10-11,15H2. The van der Waals surface area contributed by atoms with Crippen molar-refractivity contribution in [3.8, 4) is 0 Å². The summed E-state index contributed by atoms with van der Waals surface area (Å²) in [6.07, 6.45) is 0.992. The summed E-state index contributed by atoms with van der Waals surface area (Å²) >= 11 is 0.